The van der Waals surface area contributed by atoms with E-state index in [0.29, 0.717) is 12.4 Å². The molecule has 0 bridgehead atoms. The van der Waals surface area contributed by atoms with Crippen molar-refractivity contribution in [1.29, 1.82) is 0 Å². The lowest BCUT2D eigenvalue weighted by Gasteiger charge is -2.11. The summed E-state index contributed by atoms with van der Waals surface area (Å²) in [5.41, 5.74) is 1.14. The van der Waals surface area contributed by atoms with Crippen LogP contribution in [-0.4, -0.2) is 29.4 Å². The third-order valence-corrected chi connectivity index (χ3v) is 3.57. The predicted octanol–water partition coefficient (Wildman–Crippen LogP) is 2.92. The molecule has 0 spiro atoms. The molecule has 0 aliphatic heterocycles. The van der Waals surface area contributed by atoms with Crippen molar-refractivity contribution in [2.24, 2.45) is 0 Å². The van der Waals surface area contributed by atoms with Crippen LogP contribution in [-0.2, 0) is 14.3 Å². The van der Waals surface area contributed by atoms with Crippen molar-refractivity contribution in [3.8, 4) is 0 Å². The predicted molar refractivity (Wildman–Crippen MR) is 97.9 cm³/mol. The van der Waals surface area contributed by atoms with Gasteiger partial charge in [-0.15, -0.1) is 0 Å². The van der Waals surface area contributed by atoms with Crippen molar-refractivity contribution in [2.75, 3.05) is 17.2 Å². The van der Waals surface area contributed by atoms with Crippen molar-refractivity contribution in [2.45, 2.75) is 26.7 Å². The van der Waals surface area contributed by atoms with Gasteiger partial charge < -0.3 is 15.4 Å². The smallest absolute Gasteiger partial charge is 0.340 e. The standard InChI is InChI=1S/C19H21N3O4/c1-3-4-12-26-19(25)14-9-5-6-10-15(14)21-17(23)18(24)22-16-13(2)8-7-11-20-16/h5-11H,3-4,12H2,1-2H3,(H,21,23)(H,20,22,24). The first kappa shape index (κ1) is 19.1. The maximum Gasteiger partial charge on any atom is 0.340 e. The molecule has 2 amide bonds. The Hall–Kier alpha value is -3.22. The Morgan fingerprint density at radius 3 is 2.50 bits per heavy atom. The van der Waals surface area contributed by atoms with Gasteiger partial charge in [-0.1, -0.05) is 31.5 Å². The molecule has 1 aromatic heterocycles. The van der Waals surface area contributed by atoms with Gasteiger partial charge in [0, 0.05) is 6.20 Å². The van der Waals surface area contributed by atoms with Gasteiger partial charge in [0.1, 0.15) is 5.82 Å². The van der Waals surface area contributed by atoms with Crippen LogP contribution < -0.4 is 10.6 Å². The van der Waals surface area contributed by atoms with E-state index in [2.05, 4.69) is 15.6 Å². The Kier molecular flexibility index (Phi) is 6.84. The van der Waals surface area contributed by atoms with E-state index in [4.69, 9.17) is 4.74 Å². The van der Waals surface area contributed by atoms with E-state index in [1.54, 1.807) is 31.2 Å². The van der Waals surface area contributed by atoms with E-state index in [9.17, 15) is 14.4 Å². The first-order valence-corrected chi connectivity index (χ1v) is 8.33. The molecule has 7 heteroatoms. The van der Waals surface area contributed by atoms with Gasteiger partial charge >= 0.3 is 17.8 Å². The number of ether oxygens (including phenoxy) is 1. The molecule has 1 heterocycles. The van der Waals surface area contributed by atoms with E-state index in [-0.39, 0.29) is 11.3 Å². The largest absolute Gasteiger partial charge is 0.462 e. The van der Waals surface area contributed by atoms with Gasteiger partial charge in [0.15, 0.2) is 0 Å². The molecule has 0 saturated heterocycles. The van der Waals surface area contributed by atoms with E-state index < -0.39 is 17.8 Å². The molecule has 0 aliphatic carbocycles. The van der Waals surface area contributed by atoms with Crippen LogP contribution in [0.1, 0.15) is 35.7 Å². The van der Waals surface area contributed by atoms with Gasteiger partial charge in [0.25, 0.3) is 0 Å². The van der Waals surface area contributed by atoms with Gasteiger partial charge in [-0.05, 0) is 37.1 Å². The SMILES string of the molecule is CCCCOC(=O)c1ccccc1NC(=O)C(=O)Nc1ncccc1C. The number of amides is 2. The second kappa shape index (κ2) is 9.31. The van der Waals surface area contributed by atoms with Crippen molar-refractivity contribution in [3.63, 3.8) is 0 Å². The van der Waals surface area contributed by atoms with Crippen LogP contribution in [0.2, 0.25) is 0 Å². The molecule has 136 valence electrons. The molecule has 26 heavy (non-hydrogen) atoms. The number of hydrogen-bond donors (Lipinski definition) is 2. The highest BCUT2D eigenvalue weighted by molar-refractivity contribution is 6.43. The second-order valence-corrected chi connectivity index (χ2v) is 5.61. The molecule has 0 aliphatic rings. The highest BCUT2D eigenvalue weighted by Gasteiger charge is 2.19. The molecule has 0 unspecified atom stereocenters. The third kappa shape index (κ3) is 5.14. The van der Waals surface area contributed by atoms with Gasteiger partial charge in [-0.25, -0.2) is 9.78 Å². The maximum atomic E-state index is 12.2. The minimum Gasteiger partial charge on any atom is -0.462 e. The zero-order valence-electron chi connectivity index (χ0n) is 14.7. The van der Waals surface area contributed by atoms with Crippen LogP contribution in [0, 0.1) is 6.92 Å². The number of esters is 1. The Balaban J connectivity index is 2.05. The summed E-state index contributed by atoms with van der Waals surface area (Å²) < 4.78 is 5.16. The Morgan fingerprint density at radius 2 is 1.77 bits per heavy atom. The van der Waals surface area contributed by atoms with Crippen LogP contribution in [0.4, 0.5) is 11.5 Å². The van der Waals surface area contributed by atoms with E-state index in [0.717, 1.165) is 18.4 Å². The zero-order chi connectivity index (χ0) is 18.9. The molecule has 2 aromatic rings. The number of anilines is 2. The van der Waals surface area contributed by atoms with Crippen LogP contribution in [0.15, 0.2) is 42.6 Å². The average molecular weight is 355 g/mol. The van der Waals surface area contributed by atoms with Crippen LogP contribution >= 0.6 is 0 Å². The quantitative estimate of drug-likeness (QED) is 0.472. The lowest BCUT2D eigenvalue weighted by molar-refractivity contribution is -0.133. The zero-order valence-corrected chi connectivity index (χ0v) is 14.7. The summed E-state index contributed by atoms with van der Waals surface area (Å²) in [7, 11) is 0. The van der Waals surface area contributed by atoms with Crippen molar-refractivity contribution < 1.29 is 19.1 Å². The monoisotopic (exact) mass is 355 g/mol. The number of para-hydroxylation sites is 1. The number of hydrogen-bond acceptors (Lipinski definition) is 5. The van der Waals surface area contributed by atoms with Gasteiger partial charge in [-0.2, -0.15) is 0 Å². The lowest BCUT2D eigenvalue weighted by atomic mass is 10.1. The summed E-state index contributed by atoms with van der Waals surface area (Å²) >= 11 is 0. The Bertz CT molecular complexity index is 805. The highest BCUT2D eigenvalue weighted by Crippen LogP contribution is 2.17. The first-order chi connectivity index (χ1) is 12.5. The Labute approximate surface area is 151 Å². The fourth-order valence-corrected chi connectivity index (χ4v) is 2.12. The summed E-state index contributed by atoms with van der Waals surface area (Å²) in [5.74, 6) is -2.01. The number of unbranched alkanes of at least 4 members (excludes halogenated alkanes) is 1. The molecular weight excluding hydrogens is 334 g/mol. The van der Waals surface area contributed by atoms with Crippen molar-refractivity contribution >= 4 is 29.3 Å². The molecule has 0 radical (unpaired) electrons. The van der Waals surface area contributed by atoms with Crippen molar-refractivity contribution in [1.82, 2.24) is 4.98 Å². The van der Waals surface area contributed by atoms with E-state index in [1.807, 2.05) is 6.92 Å². The average Bonchev–Trinajstić information content (AvgIpc) is 2.64. The van der Waals surface area contributed by atoms with Gasteiger partial charge in [0.05, 0.1) is 17.9 Å². The van der Waals surface area contributed by atoms with Gasteiger partial charge in [0.2, 0.25) is 0 Å². The number of aryl methyl sites for hydroxylation is 1. The molecule has 1 aromatic carbocycles. The summed E-state index contributed by atoms with van der Waals surface area (Å²) in [6, 6.07) is 9.87. The van der Waals surface area contributed by atoms with Crippen LogP contribution in [0.3, 0.4) is 0 Å². The summed E-state index contributed by atoms with van der Waals surface area (Å²) in [6.07, 6.45) is 3.17. The molecule has 7 nitrogen and oxygen atoms in total. The van der Waals surface area contributed by atoms with E-state index >= 15 is 0 Å². The number of pyridine rings is 1. The highest BCUT2D eigenvalue weighted by atomic mass is 16.5. The van der Waals surface area contributed by atoms with Crippen molar-refractivity contribution in [3.05, 3.63) is 53.7 Å². The second-order valence-electron chi connectivity index (χ2n) is 5.61. The first-order valence-electron chi connectivity index (χ1n) is 8.33. The number of rotatable bonds is 6. The summed E-state index contributed by atoms with van der Waals surface area (Å²) in [5, 5.41) is 4.88. The number of benzene rings is 1. The third-order valence-electron chi connectivity index (χ3n) is 3.57. The number of carbonyl (C=O) groups is 3. The van der Waals surface area contributed by atoms with Crippen LogP contribution in [0.25, 0.3) is 0 Å². The minimum atomic E-state index is -0.899. The van der Waals surface area contributed by atoms with E-state index in [1.165, 1.54) is 18.3 Å². The molecule has 0 atom stereocenters. The molecular formula is C19H21N3O4. The number of carbonyl (C=O) groups excluding carboxylic acids is 3. The Morgan fingerprint density at radius 1 is 1.04 bits per heavy atom. The maximum absolute atomic E-state index is 12.2. The number of aromatic nitrogens is 1. The van der Waals surface area contributed by atoms with Crippen LogP contribution in [0.5, 0.6) is 0 Å². The topological polar surface area (TPSA) is 97.4 Å². The summed E-state index contributed by atoms with van der Waals surface area (Å²) in [6.45, 7) is 4.06. The molecule has 0 fully saturated rings. The number of nitrogens with zero attached hydrogens (tertiary/aromatic N) is 1. The molecule has 2 rings (SSSR count). The lowest BCUT2D eigenvalue weighted by Crippen LogP contribution is -2.30. The summed E-state index contributed by atoms with van der Waals surface area (Å²) in [4.78, 5) is 40.4. The molecule has 0 saturated carbocycles. The van der Waals surface area contributed by atoms with Gasteiger partial charge in [-0.3, -0.25) is 9.59 Å². The fourth-order valence-electron chi connectivity index (χ4n) is 2.12. The normalized spacial score (nSPS) is 10.1. The minimum absolute atomic E-state index is 0.193. The number of nitrogens with one attached hydrogen (secondary N) is 2. The molecule has 2 N–H and O–H groups in total. The fraction of sp³-hybridized carbons (Fsp3) is 0.263.